The van der Waals surface area contributed by atoms with Crippen molar-refractivity contribution < 1.29 is 19.4 Å². The van der Waals surface area contributed by atoms with E-state index in [9.17, 15) is 14.7 Å². The molecule has 0 unspecified atom stereocenters. The number of hydrogen-bond acceptors (Lipinski definition) is 4. The third-order valence-electron chi connectivity index (χ3n) is 6.47. The van der Waals surface area contributed by atoms with Crippen LogP contribution in [0.25, 0.3) is 0 Å². The summed E-state index contributed by atoms with van der Waals surface area (Å²) >= 11 is 0. The van der Waals surface area contributed by atoms with Gasteiger partial charge in [-0.15, -0.1) is 0 Å². The van der Waals surface area contributed by atoms with Gasteiger partial charge in [0.05, 0.1) is 6.10 Å². The van der Waals surface area contributed by atoms with Crippen molar-refractivity contribution in [2.24, 2.45) is 5.41 Å². The molecule has 1 spiro atoms. The second kappa shape index (κ2) is 6.24. The Morgan fingerprint density at radius 2 is 1.64 bits per heavy atom. The smallest absolute Gasteiger partial charge is 0.148 e. The Hall–Kier alpha value is -1.68. The van der Waals surface area contributed by atoms with Gasteiger partial charge in [-0.3, -0.25) is 9.59 Å². The normalized spacial score (nSPS) is 33.0. The summed E-state index contributed by atoms with van der Waals surface area (Å²) in [6.07, 6.45) is 7.10. The van der Waals surface area contributed by atoms with Gasteiger partial charge in [-0.25, -0.2) is 0 Å². The van der Waals surface area contributed by atoms with Crippen molar-refractivity contribution in [3.63, 3.8) is 0 Å². The molecule has 3 aliphatic carbocycles. The lowest BCUT2D eigenvalue weighted by Crippen LogP contribution is -2.42. The third kappa shape index (κ3) is 3.12. The van der Waals surface area contributed by atoms with Crippen molar-refractivity contribution in [1.82, 2.24) is 0 Å². The Labute approximate surface area is 148 Å². The number of carbonyl (C=O) groups excluding carboxylic acids is 2. The first kappa shape index (κ1) is 16.8. The fourth-order valence-electron chi connectivity index (χ4n) is 4.90. The van der Waals surface area contributed by atoms with E-state index in [4.69, 9.17) is 4.74 Å². The fraction of sp³-hybridized carbons (Fsp3) is 0.619. The van der Waals surface area contributed by atoms with Crippen LogP contribution in [-0.4, -0.2) is 29.9 Å². The first-order chi connectivity index (χ1) is 12.0. The van der Waals surface area contributed by atoms with Gasteiger partial charge in [0, 0.05) is 20.0 Å². The summed E-state index contributed by atoms with van der Waals surface area (Å²) in [4.78, 5) is 26.0. The molecule has 4 nitrogen and oxygen atoms in total. The molecule has 4 heteroatoms. The van der Waals surface area contributed by atoms with Gasteiger partial charge in [-0.1, -0.05) is 6.07 Å². The van der Waals surface area contributed by atoms with Crippen molar-refractivity contribution >= 4 is 11.6 Å². The number of ether oxygens (including phenoxy) is 1. The molecule has 3 aliphatic rings. The maximum absolute atomic E-state index is 13.0. The highest BCUT2D eigenvalue weighted by atomic mass is 16.5. The number of methoxy groups -OCH3 is 1. The summed E-state index contributed by atoms with van der Waals surface area (Å²) in [7, 11) is 1.73. The molecule has 1 aromatic carbocycles. The van der Waals surface area contributed by atoms with Crippen LogP contribution in [0.3, 0.4) is 0 Å². The zero-order valence-electron chi connectivity index (χ0n) is 14.8. The molecule has 0 amide bonds. The third-order valence-corrected chi connectivity index (χ3v) is 6.47. The van der Waals surface area contributed by atoms with Crippen molar-refractivity contribution in [3.8, 4) is 5.75 Å². The summed E-state index contributed by atoms with van der Waals surface area (Å²) in [6.45, 7) is 0. The van der Waals surface area contributed by atoms with Gasteiger partial charge >= 0.3 is 0 Å². The van der Waals surface area contributed by atoms with Crippen LogP contribution < -0.4 is 0 Å². The molecule has 134 valence electrons. The minimum absolute atomic E-state index is 0.0413. The van der Waals surface area contributed by atoms with Gasteiger partial charge < -0.3 is 9.84 Å². The van der Waals surface area contributed by atoms with Crippen LogP contribution in [0.4, 0.5) is 0 Å². The summed E-state index contributed by atoms with van der Waals surface area (Å²) in [5.41, 5.74) is 1.69. The monoisotopic (exact) mass is 342 g/mol. The number of aromatic hydroxyl groups is 1. The molecule has 1 N–H and O–H groups in total. The van der Waals surface area contributed by atoms with Crippen molar-refractivity contribution in [2.75, 3.05) is 7.11 Å². The van der Waals surface area contributed by atoms with Gasteiger partial charge in [0.2, 0.25) is 0 Å². The Morgan fingerprint density at radius 3 is 2.20 bits per heavy atom. The van der Waals surface area contributed by atoms with Crippen molar-refractivity contribution in [3.05, 3.63) is 29.3 Å². The summed E-state index contributed by atoms with van der Waals surface area (Å²) in [6, 6.07) is 5.22. The SMILES string of the molecule is COC1CCC2(CC1)CC(=O)C(c1cc(O)ccc1C1CC1)C(=O)C2. The molecule has 4 rings (SSSR count). The number of hydrogen-bond donors (Lipinski definition) is 1. The van der Waals surface area contributed by atoms with Gasteiger partial charge in [-0.05, 0) is 73.1 Å². The minimum Gasteiger partial charge on any atom is -0.508 e. The van der Waals surface area contributed by atoms with Crippen LogP contribution in [0.5, 0.6) is 5.75 Å². The maximum Gasteiger partial charge on any atom is 0.148 e. The van der Waals surface area contributed by atoms with E-state index in [1.807, 2.05) is 6.07 Å². The molecule has 0 radical (unpaired) electrons. The number of carbonyl (C=O) groups is 2. The van der Waals surface area contributed by atoms with Gasteiger partial charge in [0.15, 0.2) is 0 Å². The Morgan fingerprint density at radius 1 is 1.00 bits per heavy atom. The van der Waals surface area contributed by atoms with Gasteiger partial charge in [0.25, 0.3) is 0 Å². The molecule has 0 heterocycles. The van der Waals surface area contributed by atoms with E-state index >= 15 is 0 Å². The molecule has 3 saturated carbocycles. The summed E-state index contributed by atoms with van der Waals surface area (Å²) < 4.78 is 5.43. The first-order valence-corrected chi connectivity index (χ1v) is 9.42. The highest BCUT2D eigenvalue weighted by Gasteiger charge is 2.48. The van der Waals surface area contributed by atoms with Crippen molar-refractivity contribution in [2.45, 2.75) is 69.3 Å². The number of Topliss-reactive ketones (excluding diaryl/α,β-unsaturated/α-hetero) is 2. The summed E-state index contributed by atoms with van der Waals surface area (Å²) in [5, 5.41) is 9.90. The molecule has 0 saturated heterocycles. The van der Waals surface area contributed by atoms with E-state index in [2.05, 4.69) is 0 Å². The predicted molar refractivity (Wildman–Crippen MR) is 93.8 cm³/mol. The second-order valence-electron chi connectivity index (χ2n) is 8.24. The fourth-order valence-corrected chi connectivity index (χ4v) is 4.90. The lowest BCUT2D eigenvalue weighted by atomic mass is 9.61. The van der Waals surface area contributed by atoms with E-state index in [1.165, 1.54) is 0 Å². The largest absolute Gasteiger partial charge is 0.508 e. The van der Waals surface area contributed by atoms with Crippen LogP contribution in [0.15, 0.2) is 18.2 Å². The molecule has 3 fully saturated rings. The maximum atomic E-state index is 13.0. The Balaban J connectivity index is 1.59. The van der Waals surface area contributed by atoms with E-state index in [0.717, 1.165) is 49.7 Å². The highest BCUT2D eigenvalue weighted by Crippen LogP contribution is 2.51. The summed E-state index contributed by atoms with van der Waals surface area (Å²) in [5.74, 6) is -0.00201. The van der Waals surface area contributed by atoms with Crippen molar-refractivity contribution in [1.29, 1.82) is 0 Å². The number of phenolic OH excluding ortho intramolecular Hbond substituents is 1. The van der Waals surface area contributed by atoms with Crippen LogP contribution in [0, 0.1) is 5.41 Å². The molecular weight excluding hydrogens is 316 g/mol. The first-order valence-electron chi connectivity index (χ1n) is 9.42. The second-order valence-corrected chi connectivity index (χ2v) is 8.24. The zero-order valence-corrected chi connectivity index (χ0v) is 14.8. The Kier molecular flexibility index (Phi) is 4.19. The number of ketones is 2. The molecule has 0 atom stereocenters. The molecule has 0 aliphatic heterocycles. The molecule has 0 aromatic heterocycles. The topological polar surface area (TPSA) is 63.6 Å². The van der Waals surface area contributed by atoms with Gasteiger partial charge in [-0.2, -0.15) is 0 Å². The average Bonchev–Trinajstić information content (AvgIpc) is 3.40. The molecule has 25 heavy (non-hydrogen) atoms. The van der Waals surface area contributed by atoms with Crippen LogP contribution in [0.1, 0.15) is 74.3 Å². The van der Waals surface area contributed by atoms with Crippen LogP contribution in [-0.2, 0) is 14.3 Å². The quantitative estimate of drug-likeness (QED) is 0.847. The number of rotatable bonds is 3. The molecular formula is C21H26O4. The number of phenols is 1. The van der Waals surface area contributed by atoms with Gasteiger partial charge in [0.1, 0.15) is 23.2 Å². The number of benzene rings is 1. The molecule has 1 aromatic rings. The minimum atomic E-state index is -0.673. The standard InChI is InChI=1S/C21H26O4/c1-25-15-6-8-21(9-7-15)11-18(23)20(19(24)12-21)17-10-14(22)4-5-16(17)13-2-3-13/h4-5,10,13,15,20,22H,2-3,6-9,11-12H2,1H3. The van der Waals surface area contributed by atoms with E-state index < -0.39 is 5.92 Å². The van der Waals surface area contributed by atoms with E-state index in [0.29, 0.717) is 18.8 Å². The lowest BCUT2D eigenvalue weighted by molar-refractivity contribution is -0.138. The predicted octanol–water partition coefficient (Wildman–Crippen LogP) is 3.86. The highest BCUT2D eigenvalue weighted by molar-refractivity contribution is 6.10. The molecule has 0 bridgehead atoms. The average molecular weight is 342 g/mol. The zero-order chi connectivity index (χ0) is 17.6. The van der Waals surface area contributed by atoms with Crippen LogP contribution >= 0.6 is 0 Å². The Bertz CT molecular complexity index is 676. The lowest BCUT2D eigenvalue weighted by Gasteiger charge is -2.43. The van der Waals surface area contributed by atoms with E-state index in [-0.39, 0.29) is 28.8 Å². The van der Waals surface area contributed by atoms with E-state index in [1.54, 1.807) is 19.2 Å². The van der Waals surface area contributed by atoms with Crippen LogP contribution in [0.2, 0.25) is 0 Å².